The first-order valence-electron chi connectivity index (χ1n) is 5.76. The van der Waals surface area contributed by atoms with Crippen LogP contribution in [0.15, 0.2) is 23.4 Å². The lowest BCUT2D eigenvalue weighted by Crippen LogP contribution is -2.41. The molecule has 1 aromatic rings. The average molecular weight is 270 g/mol. The van der Waals surface area contributed by atoms with Gasteiger partial charge in [0.2, 0.25) is 0 Å². The number of hydrogen-bond donors (Lipinski definition) is 2. The van der Waals surface area contributed by atoms with E-state index in [0.29, 0.717) is 17.2 Å². The third kappa shape index (κ3) is 2.68. The van der Waals surface area contributed by atoms with E-state index < -0.39 is 0 Å². The van der Waals surface area contributed by atoms with Crippen LogP contribution in [-0.4, -0.2) is 36.8 Å². The van der Waals surface area contributed by atoms with E-state index in [1.165, 1.54) is 0 Å². The highest BCUT2D eigenvalue weighted by atomic mass is 35.5. The Morgan fingerprint density at radius 3 is 3.00 bits per heavy atom. The van der Waals surface area contributed by atoms with Crippen LogP contribution in [0.2, 0.25) is 5.02 Å². The second kappa shape index (κ2) is 5.46. The minimum Gasteiger partial charge on any atom is -0.409 e. The Kier molecular flexibility index (Phi) is 3.93. The molecule has 0 amide bonds. The van der Waals surface area contributed by atoms with Crippen molar-refractivity contribution in [1.82, 2.24) is 0 Å². The highest BCUT2D eigenvalue weighted by molar-refractivity contribution is 6.34. The molecule has 0 saturated carbocycles. The Balaban J connectivity index is 2.23. The van der Waals surface area contributed by atoms with Crippen molar-refractivity contribution >= 4 is 23.1 Å². The van der Waals surface area contributed by atoms with Crippen molar-refractivity contribution in [3.8, 4) is 0 Å². The van der Waals surface area contributed by atoms with Crippen molar-refractivity contribution in [3.05, 3.63) is 28.8 Å². The molecule has 18 heavy (non-hydrogen) atoms. The first-order chi connectivity index (χ1) is 8.61. The predicted octanol–water partition coefficient (Wildman–Crippen LogP) is 1.66. The van der Waals surface area contributed by atoms with Gasteiger partial charge in [0, 0.05) is 24.3 Å². The summed E-state index contributed by atoms with van der Waals surface area (Å²) < 4.78 is 5.49. The maximum Gasteiger partial charge on any atom is 0.171 e. The molecular formula is C12H16ClN3O2. The lowest BCUT2D eigenvalue weighted by molar-refractivity contribution is 0.0532. The van der Waals surface area contributed by atoms with Crippen LogP contribution >= 0.6 is 11.6 Å². The van der Waals surface area contributed by atoms with Gasteiger partial charge in [-0.1, -0.05) is 16.8 Å². The number of oxime groups is 1. The summed E-state index contributed by atoms with van der Waals surface area (Å²) in [5.41, 5.74) is 7.08. The molecular weight excluding hydrogens is 254 g/mol. The lowest BCUT2D eigenvalue weighted by atomic mass is 10.1. The summed E-state index contributed by atoms with van der Waals surface area (Å²) in [6.45, 7) is 4.42. The summed E-state index contributed by atoms with van der Waals surface area (Å²) in [5, 5.41) is 12.1. The monoisotopic (exact) mass is 269 g/mol. The third-order valence-electron chi connectivity index (χ3n) is 2.94. The highest BCUT2D eigenvalue weighted by Crippen LogP contribution is 2.25. The Morgan fingerprint density at radius 2 is 2.39 bits per heavy atom. The first-order valence-corrected chi connectivity index (χ1v) is 6.13. The number of anilines is 1. The summed E-state index contributed by atoms with van der Waals surface area (Å²) in [4.78, 5) is 2.20. The van der Waals surface area contributed by atoms with E-state index in [-0.39, 0.29) is 11.9 Å². The van der Waals surface area contributed by atoms with Gasteiger partial charge in [0.05, 0.1) is 17.7 Å². The second-order valence-electron chi connectivity index (χ2n) is 4.28. The highest BCUT2D eigenvalue weighted by Gasteiger charge is 2.18. The maximum absolute atomic E-state index is 8.64. The molecule has 0 bridgehead atoms. The summed E-state index contributed by atoms with van der Waals surface area (Å²) >= 11 is 6.13. The quantitative estimate of drug-likeness (QED) is 0.371. The van der Waals surface area contributed by atoms with E-state index in [1.54, 1.807) is 6.07 Å². The maximum atomic E-state index is 8.64. The Bertz CT molecular complexity index is 465. The zero-order valence-corrected chi connectivity index (χ0v) is 10.9. The molecule has 1 aliphatic rings. The summed E-state index contributed by atoms with van der Waals surface area (Å²) in [5.74, 6) is 0.0156. The van der Waals surface area contributed by atoms with E-state index in [1.807, 2.05) is 19.1 Å². The summed E-state index contributed by atoms with van der Waals surface area (Å²) in [7, 11) is 0. The molecule has 3 N–H and O–H groups in total. The van der Waals surface area contributed by atoms with Crippen molar-refractivity contribution in [3.63, 3.8) is 0 Å². The smallest absolute Gasteiger partial charge is 0.171 e. The molecule has 1 fully saturated rings. The van der Waals surface area contributed by atoms with Crippen molar-refractivity contribution < 1.29 is 9.94 Å². The number of ether oxygens (including phenoxy) is 1. The van der Waals surface area contributed by atoms with E-state index in [2.05, 4.69) is 10.1 Å². The molecule has 6 heteroatoms. The molecule has 1 unspecified atom stereocenters. The summed E-state index contributed by atoms with van der Waals surface area (Å²) in [6, 6.07) is 5.50. The first kappa shape index (κ1) is 13.0. The van der Waals surface area contributed by atoms with Gasteiger partial charge in [0.25, 0.3) is 0 Å². The number of hydrogen-bond acceptors (Lipinski definition) is 4. The number of nitrogens with zero attached hydrogens (tertiary/aromatic N) is 2. The van der Waals surface area contributed by atoms with Crippen molar-refractivity contribution in [2.75, 3.05) is 24.6 Å². The number of amidine groups is 1. The van der Waals surface area contributed by atoms with Crippen LogP contribution in [-0.2, 0) is 4.74 Å². The van der Waals surface area contributed by atoms with Crippen LogP contribution in [0.25, 0.3) is 0 Å². The number of halogens is 1. The molecule has 1 aliphatic heterocycles. The molecule has 1 aromatic carbocycles. The zero-order chi connectivity index (χ0) is 13.1. The minimum atomic E-state index is 0.0156. The molecule has 0 aliphatic carbocycles. The van der Waals surface area contributed by atoms with Gasteiger partial charge in [0.1, 0.15) is 0 Å². The third-order valence-corrected chi connectivity index (χ3v) is 3.26. The lowest BCUT2D eigenvalue weighted by Gasteiger charge is -2.33. The normalized spacial score (nSPS) is 21.1. The van der Waals surface area contributed by atoms with Gasteiger partial charge in [-0.25, -0.2) is 0 Å². The van der Waals surface area contributed by atoms with Gasteiger partial charge in [-0.05, 0) is 25.1 Å². The molecule has 98 valence electrons. The van der Waals surface area contributed by atoms with E-state index in [9.17, 15) is 0 Å². The largest absolute Gasteiger partial charge is 0.409 e. The second-order valence-corrected chi connectivity index (χ2v) is 4.68. The Labute approximate surface area is 111 Å². The molecule has 1 saturated heterocycles. The Morgan fingerprint density at radius 1 is 1.61 bits per heavy atom. The Hall–Kier alpha value is -1.46. The number of rotatable bonds is 2. The van der Waals surface area contributed by atoms with Gasteiger partial charge in [-0.2, -0.15) is 0 Å². The van der Waals surface area contributed by atoms with Crippen LogP contribution in [0.5, 0.6) is 0 Å². The zero-order valence-electron chi connectivity index (χ0n) is 10.1. The predicted molar refractivity (Wildman–Crippen MR) is 71.6 cm³/mol. The minimum absolute atomic E-state index is 0.0156. The number of morpholine rings is 1. The van der Waals surface area contributed by atoms with Crippen molar-refractivity contribution in [2.24, 2.45) is 10.9 Å². The fourth-order valence-electron chi connectivity index (χ4n) is 2.02. The van der Waals surface area contributed by atoms with Crippen LogP contribution < -0.4 is 10.6 Å². The number of benzene rings is 1. The van der Waals surface area contributed by atoms with Crippen LogP contribution in [0, 0.1) is 0 Å². The van der Waals surface area contributed by atoms with Gasteiger partial charge in [0.15, 0.2) is 5.84 Å². The standard InChI is InChI=1S/C12H16ClN3O2/c1-8-7-16(4-5-18-8)9-2-3-10(11(13)6-9)12(14)15-17/h2-3,6,8,17H,4-5,7H2,1H3,(H2,14,15). The molecule has 0 spiro atoms. The van der Waals surface area contributed by atoms with Crippen LogP contribution in [0.1, 0.15) is 12.5 Å². The molecule has 1 atom stereocenters. The van der Waals surface area contributed by atoms with Crippen molar-refractivity contribution in [1.29, 1.82) is 0 Å². The van der Waals surface area contributed by atoms with Gasteiger partial charge >= 0.3 is 0 Å². The van der Waals surface area contributed by atoms with Crippen LogP contribution in [0.3, 0.4) is 0 Å². The van der Waals surface area contributed by atoms with Gasteiger partial charge in [-0.3, -0.25) is 0 Å². The fraction of sp³-hybridized carbons (Fsp3) is 0.417. The summed E-state index contributed by atoms with van der Waals surface area (Å²) in [6.07, 6.45) is 0.210. The van der Waals surface area contributed by atoms with Crippen LogP contribution in [0.4, 0.5) is 5.69 Å². The SMILES string of the molecule is CC1CN(c2ccc(/C(N)=N/O)c(Cl)c2)CCO1. The molecule has 0 aromatic heterocycles. The van der Waals surface area contributed by atoms with E-state index in [4.69, 9.17) is 27.3 Å². The molecule has 0 radical (unpaired) electrons. The van der Waals surface area contributed by atoms with Gasteiger partial charge < -0.3 is 20.6 Å². The number of nitrogens with two attached hydrogens (primary N) is 1. The molecule has 5 nitrogen and oxygen atoms in total. The average Bonchev–Trinajstić information content (AvgIpc) is 2.37. The van der Waals surface area contributed by atoms with Gasteiger partial charge in [-0.15, -0.1) is 0 Å². The van der Waals surface area contributed by atoms with E-state index in [0.717, 1.165) is 18.8 Å². The van der Waals surface area contributed by atoms with Crippen molar-refractivity contribution in [2.45, 2.75) is 13.0 Å². The molecule has 1 heterocycles. The molecule has 2 rings (SSSR count). The van der Waals surface area contributed by atoms with E-state index >= 15 is 0 Å². The fourth-order valence-corrected chi connectivity index (χ4v) is 2.29. The topological polar surface area (TPSA) is 71.1 Å².